The maximum Gasteiger partial charge on any atom is 0.435 e. The van der Waals surface area contributed by atoms with Gasteiger partial charge in [0.15, 0.2) is 5.69 Å². The molecule has 1 aliphatic rings. The van der Waals surface area contributed by atoms with Gasteiger partial charge in [-0.2, -0.15) is 18.3 Å². The maximum atomic E-state index is 12.3. The number of aromatic nitrogens is 2. The second kappa shape index (κ2) is 2.73. The van der Waals surface area contributed by atoms with E-state index in [2.05, 4.69) is 5.10 Å². The SMILES string of the molecule is Cn1nc(C(F)(F)F)cc1C1CC1N. The second-order valence-corrected chi connectivity index (χ2v) is 3.58. The summed E-state index contributed by atoms with van der Waals surface area (Å²) in [5.41, 5.74) is 5.30. The quantitative estimate of drug-likeness (QED) is 0.749. The van der Waals surface area contributed by atoms with Gasteiger partial charge in [-0.3, -0.25) is 4.68 Å². The summed E-state index contributed by atoms with van der Waals surface area (Å²) in [4.78, 5) is 0. The average molecular weight is 205 g/mol. The molecular weight excluding hydrogens is 195 g/mol. The Hall–Kier alpha value is -1.04. The first-order valence-electron chi connectivity index (χ1n) is 4.26. The summed E-state index contributed by atoms with van der Waals surface area (Å²) in [5, 5.41) is 3.41. The zero-order chi connectivity index (χ0) is 10.5. The topological polar surface area (TPSA) is 43.8 Å². The maximum absolute atomic E-state index is 12.3. The van der Waals surface area contributed by atoms with Crippen molar-refractivity contribution in [1.29, 1.82) is 0 Å². The van der Waals surface area contributed by atoms with Crippen LogP contribution in [0, 0.1) is 0 Å². The Kier molecular flexibility index (Phi) is 1.85. The Morgan fingerprint density at radius 1 is 1.57 bits per heavy atom. The van der Waals surface area contributed by atoms with Crippen LogP contribution in [0.15, 0.2) is 6.07 Å². The normalized spacial score (nSPS) is 26.6. The highest BCUT2D eigenvalue weighted by Gasteiger charge is 2.41. The largest absolute Gasteiger partial charge is 0.435 e. The molecule has 2 unspecified atom stereocenters. The summed E-state index contributed by atoms with van der Waals surface area (Å²) >= 11 is 0. The molecule has 1 fully saturated rings. The lowest BCUT2D eigenvalue weighted by Gasteiger charge is -1.99. The Morgan fingerprint density at radius 3 is 2.50 bits per heavy atom. The third-order valence-electron chi connectivity index (χ3n) is 2.43. The van der Waals surface area contributed by atoms with Crippen LogP contribution in [-0.2, 0) is 13.2 Å². The van der Waals surface area contributed by atoms with Gasteiger partial charge in [-0.05, 0) is 12.5 Å². The molecule has 78 valence electrons. The van der Waals surface area contributed by atoms with Crippen molar-refractivity contribution in [3.05, 3.63) is 17.5 Å². The van der Waals surface area contributed by atoms with E-state index in [0.717, 1.165) is 12.5 Å². The number of rotatable bonds is 1. The van der Waals surface area contributed by atoms with E-state index in [4.69, 9.17) is 5.73 Å². The van der Waals surface area contributed by atoms with Gasteiger partial charge in [0, 0.05) is 24.7 Å². The standard InChI is InChI=1S/C8H10F3N3/c1-14-6(4-2-5(4)12)3-7(13-14)8(9,10)11/h3-5H,2,12H2,1H3. The Labute approximate surface area is 78.7 Å². The number of nitrogens with two attached hydrogens (primary N) is 1. The number of aryl methyl sites for hydroxylation is 1. The highest BCUT2D eigenvalue weighted by atomic mass is 19.4. The van der Waals surface area contributed by atoms with Crippen LogP contribution in [-0.4, -0.2) is 15.8 Å². The number of halogens is 3. The Bertz CT molecular complexity index is 355. The molecule has 0 aromatic carbocycles. The van der Waals surface area contributed by atoms with Crippen LogP contribution in [0.25, 0.3) is 0 Å². The van der Waals surface area contributed by atoms with E-state index in [0.29, 0.717) is 5.69 Å². The molecule has 0 amide bonds. The molecule has 14 heavy (non-hydrogen) atoms. The Morgan fingerprint density at radius 2 is 2.14 bits per heavy atom. The highest BCUT2D eigenvalue weighted by molar-refractivity contribution is 5.24. The van der Waals surface area contributed by atoms with Crippen molar-refractivity contribution in [2.24, 2.45) is 12.8 Å². The molecule has 3 nitrogen and oxygen atoms in total. The minimum Gasteiger partial charge on any atom is -0.327 e. The zero-order valence-corrected chi connectivity index (χ0v) is 7.54. The predicted octanol–water partition coefficient (Wildman–Crippen LogP) is 1.25. The minimum atomic E-state index is -4.37. The van der Waals surface area contributed by atoms with E-state index in [-0.39, 0.29) is 12.0 Å². The molecule has 6 heteroatoms. The van der Waals surface area contributed by atoms with Crippen molar-refractivity contribution in [1.82, 2.24) is 9.78 Å². The summed E-state index contributed by atoms with van der Waals surface area (Å²) in [6, 6.07) is 1.07. The van der Waals surface area contributed by atoms with Crippen molar-refractivity contribution in [3.63, 3.8) is 0 Å². The molecule has 1 aromatic rings. The molecule has 0 radical (unpaired) electrons. The van der Waals surface area contributed by atoms with Crippen LogP contribution in [0.1, 0.15) is 23.7 Å². The minimum absolute atomic E-state index is 0.00789. The van der Waals surface area contributed by atoms with Gasteiger partial charge in [-0.25, -0.2) is 0 Å². The van der Waals surface area contributed by atoms with Crippen LogP contribution in [0.4, 0.5) is 13.2 Å². The fourth-order valence-electron chi connectivity index (χ4n) is 1.52. The summed E-state index contributed by atoms with van der Waals surface area (Å²) in [6.07, 6.45) is -3.62. The lowest BCUT2D eigenvalue weighted by Crippen LogP contribution is -2.06. The lowest BCUT2D eigenvalue weighted by atomic mass is 10.2. The second-order valence-electron chi connectivity index (χ2n) is 3.58. The molecule has 1 aliphatic carbocycles. The van der Waals surface area contributed by atoms with E-state index in [1.807, 2.05) is 0 Å². The molecule has 2 rings (SSSR count). The van der Waals surface area contributed by atoms with Gasteiger partial charge in [-0.1, -0.05) is 0 Å². The molecule has 0 saturated heterocycles. The third kappa shape index (κ3) is 1.50. The van der Waals surface area contributed by atoms with Crippen molar-refractivity contribution in [3.8, 4) is 0 Å². The molecule has 2 N–H and O–H groups in total. The van der Waals surface area contributed by atoms with E-state index < -0.39 is 11.9 Å². The first-order valence-corrected chi connectivity index (χ1v) is 4.26. The third-order valence-corrected chi connectivity index (χ3v) is 2.43. The lowest BCUT2D eigenvalue weighted by molar-refractivity contribution is -0.141. The van der Waals surface area contributed by atoms with Crippen LogP contribution in [0.5, 0.6) is 0 Å². The number of alkyl halides is 3. The van der Waals surface area contributed by atoms with Gasteiger partial charge in [0.25, 0.3) is 0 Å². The van der Waals surface area contributed by atoms with Gasteiger partial charge in [0.2, 0.25) is 0 Å². The smallest absolute Gasteiger partial charge is 0.327 e. The van der Waals surface area contributed by atoms with Gasteiger partial charge in [0.05, 0.1) is 0 Å². The van der Waals surface area contributed by atoms with Gasteiger partial charge < -0.3 is 5.73 Å². The van der Waals surface area contributed by atoms with Gasteiger partial charge >= 0.3 is 6.18 Å². The molecule has 0 aliphatic heterocycles. The molecule has 1 saturated carbocycles. The molecule has 1 aromatic heterocycles. The number of nitrogens with zero attached hydrogens (tertiary/aromatic N) is 2. The van der Waals surface area contributed by atoms with Crippen LogP contribution in [0.3, 0.4) is 0 Å². The van der Waals surface area contributed by atoms with Crippen molar-refractivity contribution in [2.45, 2.75) is 24.6 Å². The molecule has 1 heterocycles. The van der Waals surface area contributed by atoms with Crippen LogP contribution >= 0.6 is 0 Å². The van der Waals surface area contributed by atoms with Crippen molar-refractivity contribution < 1.29 is 13.2 Å². The van der Waals surface area contributed by atoms with Gasteiger partial charge in [-0.15, -0.1) is 0 Å². The zero-order valence-electron chi connectivity index (χ0n) is 7.54. The number of hydrogen-bond acceptors (Lipinski definition) is 2. The van der Waals surface area contributed by atoms with E-state index >= 15 is 0 Å². The predicted molar refractivity (Wildman–Crippen MR) is 43.5 cm³/mol. The van der Waals surface area contributed by atoms with Gasteiger partial charge in [0.1, 0.15) is 0 Å². The molecular formula is C8H10F3N3. The van der Waals surface area contributed by atoms with Crippen LogP contribution in [0.2, 0.25) is 0 Å². The highest BCUT2D eigenvalue weighted by Crippen LogP contribution is 2.40. The molecule has 2 atom stereocenters. The van der Waals surface area contributed by atoms with E-state index in [9.17, 15) is 13.2 Å². The fraction of sp³-hybridized carbons (Fsp3) is 0.625. The first-order chi connectivity index (χ1) is 6.39. The summed E-state index contributed by atoms with van der Waals surface area (Å²) in [6.45, 7) is 0. The van der Waals surface area contributed by atoms with Crippen molar-refractivity contribution >= 4 is 0 Å². The summed E-state index contributed by atoms with van der Waals surface area (Å²) < 4.78 is 38.0. The molecule has 0 bridgehead atoms. The van der Waals surface area contributed by atoms with Crippen LogP contribution < -0.4 is 5.73 Å². The monoisotopic (exact) mass is 205 g/mol. The Balaban J connectivity index is 2.31. The number of hydrogen-bond donors (Lipinski definition) is 1. The summed E-state index contributed by atoms with van der Waals surface area (Å²) in [7, 11) is 1.51. The fourth-order valence-corrected chi connectivity index (χ4v) is 1.52. The summed E-state index contributed by atoms with van der Waals surface area (Å²) in [5.74, 6) is 0.0450. The van der Waals surface area contributed by atoms with Crippen molar-refractivity contribution in [2.75, 3.05) is 0 Å². The van der Waals surface area contributed by atoms with E-state index in [1.54, 1.807) is 0 Å². The first kappa shape index (κ1) is 9.51. The average Bonchev–Trinajstić information content (AvgIpc) is 2.58. The molecule has 0 spiro atoms. The van der Waals surface area contributed by atoms with E-state index in [1.165, 1.54) is 11.7 Å².